The summed E-state index contributed by atoms with van der Waals surface area (Å²) in [7, 11) is 1.55. The van der Waals surface area contributed by atoms with E-state index in [4.69, 9.17) is 9.47 Å². The molecular weight excluding hydrogens is 308 g/mol. The van der Waals surface area contributed by atoms with E-state index in [0.717, 1.165) is 19.3 Å². The van der Waals surface area contributed by atoms with Crippen molar-refractivity contribution in [1.29, 1.82) is 0 Å². The highest BCUT2D eigenvalue weighted by Gasteiger charge is 2.19. The molecule has 0 aliphatic heterocycles. The van der Waals surface area contributed by atoms with Gasteiger partial charge in [0.25, 0.3) is 5.91 Å². The molecule has 1 saturated carbocycles. The van der Waals surface area contributed by atoms with Gasteiger partial charge in [-0.2, -0.15) is 0 Å². The fourth-order valence-corrected chi connectivity index (χ4v) is 2.68. The zero-order chi connectivity index (χ0) is 17.4. The second-order valence-corrected chi connectivity index (χ2v) is 5.92. The van der Waals surface area contributed by atoms with Gasteiger partial charge in [0, 0.05) is 12.1 Å². The molecule has 0 heterocycles. The third-order valence-corrected chi connectivity index (χ3v) is 4.00. The van der Waals surface area contributed by atoms with E-state index < -0.39 is 0 Å². The Balaban J connectivity index is 1.94. The number of ether oxygens (including phenoxy) is 2. The van der Waals surface area contributed by atoms with Crippen molar-refractivity contribution in [2.45, 2.75) is 45.1 Å². The molecule has 1 aliphatic carbocycles. The minimum Gasteiger partial charge on any atom is -0.493 e. The predicted octanol–water partition coefficient (Wildman–Crippen LogP) is 2.27. The van der Waals surface area contributed by atoms with E-state index in [1.807, 2.05) is 6.92 Å². The molecule has 2 N–H and O–H groups in total. The summed E-state index contributed by atoms with van der Waals surface area (Å²) < 4.78 is 11.3. The molecule has 1 aliphatic rings. The number of rotatable bonds is 8. The Morgan fingerprint density at radius 2 is 1.92 bits per heavy atom. The Hall–Kier alpha value is -2.24. The van der Waals surface area contributed by atoms with Gasteiger partial charge in [-0.25, -0.2) is 0 Å². The van der Waals surface area contributed by atoms with Gasteiger partial charge in [0.05, 0.1) is 19.8 Å². The van der Waals surface area contributed by atoms with E-state index in [2.05, 4.69) is 10.6 Å². The molecule has 24 heavy (non-hydrogen) atoms. The van der Waals surface area contributed by atoms with Crippen LogP contribution in [-0.2, 0) is 4.79 Å². The fourth-order valence-electron chi connectivity index (χ4n) is 2.68. The fraction of sp³-hybridized carbons (Fsp3) is 0.556. The van der Waals surface area contributed by atoms with Crippen LogP contribution in [0.3, 0.4) is 0 Å². The first-order valence-corrected chi connectivity index (χ1v) is 8.53. The highest BCUT2D eigenvalue weighted by atomic mass is 16.5. The van der Waals surface area contributed by atoms with E-state index in [9.17, 15) is 9.59 Å². The molecule has 2 rings (SSSR count). The average molecular weight is 334 g/mol. The SMILES string of the molecule is CCCNC(=O)CNC(=O)c1ccc(OC2CCCC2)c(OC)c1. The minimum absolute atomic E-state index is 0.0402. The van der Waals surface area contributed by atoms with Crippen molar-refractivity contribution in [3.05, 3.63) is 23.8 Å². The maximum absolute atomic E-state index is 12.2. The molecule has 1 aromatic rings. The number of carbonyl (C=O) groups excluding carboxylic acids is 2. The molecule has 1 fully saturated rings. The summed E-state index contributed by atoms with van der Waals surface area (Å²) >= 11 is 0. The Bertz CT molecular complexity index is 568. The van der Waals surface area contributed by atoms with Crippen LogP contribution >= 0.6 is 0 Å². The average Bonchev–Trinajstić information content (AvgIpc) is 3.11. The summed E-state index contributed by atoms with van der Waals surface area (Å²) in [5, 5.41) is 5.32. The molecule has 0 radical (unpaired) electrons. The first-order chi connectivity index (χ1) is 11.6. The third kappa shape index (κ3) is 5.15. The standard InChI is InChI=1S/C18H26N2O4/c1-3-10-19-17(21)12-20-18(22)13-8-9-15(16(11-13)23-2)24-14-6-4-5-7-14/h8-9,11,14H,3-7,10,12H2,1-2H3,(H,19,21)(H,20,22). The van der Waals surface area contributed by atoms with Gasteiger partial charge < -0.3 is 20.1 Å². The lowest BCUT2D eigenvalue weighted by Gasteiger charge is -2.16. The van der Waals surface area contributed by atoms with Crippen LogP contribution in [0, 0.1) is 0 Å². The number of carbonyl (C=O) groups is 2. The molecule has 2 amide bonds. The summed E-state index contributed by atoms with van der Waals surface area (Å²) in [5.41, 5.74) is 0.439. The second-order valence-electron chi connectivity index (χ2n) is 5.92. The van der Waals surface area contributed by atoms with Crippen molar-refractivity contribution in [3.8, 4) is 11.5 Å². The van der Waals surface area contributed by atoms with Gasteiger partial charge in [-0.05, 0) is 50.3 Å². The zero-order valence-corrected chi connectivity index (χ0v) is 14.4. The monoisotopic (exact) mass is 334 g/mol. The highest BCUT2D eigenvalue weighted by Crippen LogP contribution is 2.32. The molecule has 0 aromatic heterocycles. The third-order valence-electron chi connectivity index (χ3n) is 4.00. The number of benzene rings is 1. The lowest BCUT2D eigenvalue weighted by atomic mass is 10.2. The largest absolute Gasteiger partial charge is 0.493 e. The quantitative estimate of drug-likeness (QED) is 0.765. The molecule has 1 aromatic carbocycles. The van der Waals surface area contributed by atoms with E-state index in [0.29, 0.717) is 23.6 Å². The van der Waals surface area contributed by atoms with Crippen molar-refractivity contribution in [1.82, 2.24) is 10.6 Å². The van der Waals surface area contributed by atoms with E-state index in [1.165, 1.54) is 12.8 Å². The van der Waals surface area contributed by atoms with Crippen LogP contribution in [0.2, 0.25) is 0 Å². The predicted molar refractivity (Wildman–Crippen MR) is 91.5 cm³/mol. The Morgan fingerprint density at radius 1 is 1.17 bits per heavy atom. The molecule has 0 atom stereocenters. The van der Waals surface area contributed by atoms with Crippen LogP contribution in [0.5, 0.6) is 11.5 Å². The van der Waals surface area contributed by atoms with E-state index >= 15 is 0 Å². The molecule has 0 spiro atoms. The van der Waals surface area contributed by atoms with Crippen LogP contribution < -0.4 is 20.1 Å². The van der Waals surface area contributed by atoms with Gasteiger partial charge in [-0.15, -0.1) is 0 Å². The molecule has 132 valence electrons. The van der Waals surface area contributed by atoms with Crippen LogP contribution in [0.25, 0.3) is 0 Å². The number of hydrogen-bond acceptors (Lipinski definition) is 4. The first kappa shape index (κ1) is 18.1. The normalized spacial score (nSPS) is 14.2. The maximum atomic E-state index is 12.2. The summed E-state index contributed by atoms with van der Waals surface area (Å²) in [6.45, 7) is 2.54. The van der Waals surface area contributed by atoms with Crippen LogP contribution in [0.4, 0.5) is 0 Å². The Labute approximate surface area is 142 Å². The topological polar surface area (TPSA) is 76.7 Å². The summed E-state index contributed by atoms with van der Waals surface area (Å²) in [6, 6.07) is 5.08. The van der Waals surface area contributed by atoms with Gasteiger partial charge in [-0.1, -0.05) is 6.92 Å². The molecule has 0 unspecified atom stereocenters. The smallest absolute Gasteiger partial charge is 0.251 e. The second kappa shape index (κ2) is 9.15. The van der Waals surface area contributed by atoms with Crippen molar-refractivity contribution >= 4 is 11.8 Å². The zero-order valence-electron chi connectivity index (χ0n) is 14.4. The molecule has 0 saturated heterocycles. The van der Waals surface area contributed by atoms with Crippen LogP contribution in [-0.4, -0.2) is 38.1 Å². The number of nitrogens with one attached hydrogen (secondary N) is 2. The lowest BCUT2D eigenvalue weighted by Crippen LogP contribution is -2.37. The maximum Gasteiger partial charge on any atom is 0.251 e. The van der Waals surface area contributed by atoms with Gasteiger partial charge in [-0.3, -0.25) is 9.59 Å². The van der Waals surface area contributed by atoms with Crippen molar-refractivity contribution in [2.75, 3.05) is 20.2 Å². The molecule has 6 heteroatoms. The molecule has 0 bridgehead atoms. The van der Waals surface area contributed by atoms with Crippen LogP contribution in [0.15, 0.2) is 18.2 Å². The Morgan fingerprint density at radius 3 is 2.58 bits per heavy atom. The number of hydrogen-bond donors (Lipinski definition) is 2. The van der Waals surface area contributed by atoms with Gasteiger partial charge in [0.15, 0.2) is 11.5 Å². The molecule has 6 nitrogen and oxygen atoms in total. The van der Waals surface area contributed by atoms with E-state index in [1.54, 1.807) is 25.3 Å². The first-order valence-electron chi connectivity index (χ1n) is 8.53. The van der Waals surface area contributed by atoms with Gasteiger partial charge in [0.1, 0.15) is 0 Å². The minimum atomic E-state index is -0.313. The van der Waals surface area contributed by atoms with Gasteiger partial charge in [0.2, 0.25) is 5.91 Å². The number of amides is 2. The lowest BCUT2D eigenvalue weighted by molar-refractivity contribution is -0.120. The molecular formula is C18H26N2O4. The summed E-state index contributed by atoms with van der Waals surface area (Å²) in [6.07, 6.45) is 5.57. The van der Waals surface area contributed by atoms with Crippen LogP contribution in [0.1, 0.15) is 49.4 Å². The van der Waals surface area contributed by atoms with Gasteiger partial charge >= 0.3 is 0 Å². The number of methoxy groups -OCH3 is 1. The highest BCUT2D eigenvalue weighted by molar-refractivity contribution is 5.97. The van der Waals surface area contributed by atoms with E-state index in [-0.39, 0.29) is 24.5 Å². The Kier molecular flexibility index (Phi) is 6.90. The van der Waals surface area contributed by atoms with Crippen molar-refractivity contribution in [3.63, 3.8) is 0 Å². The summed E-state index contributed by atoms with van der Waals surface area (Å²) in [4.78, 5) is 23.7. The van der Waals surface area contributed by atoms with Crippen molar-refractivity contribution < 1.29 is 19.1 Å². The summed E-state index contributed by atoms with van der Waals surface area (Å²) in [5.74, 6) is 0.678. The van der Waals surface area contributed by atoms with Crippen molar-refractivity contribution in [2.24, 2.45) is 0 Å².